The van der Waals surface area contributed by atoms with Crippen molar-refractivity contribution in [2.75, 3.05) is 0 Å². The Labute approximate surface area is 118 Å². The fraction of sp³-hybridized carbons (Fsp3) is 0.222. The van der Waals surface area contributed by atoms with Gasteiger partial charge < -0.3 is 9.30 Å². The highest BCUT2D eigenvalue weighted by Crippen LogP contribution is 2.38. The summed E-state index contributed by atoms with van der Waals surface area (Å²) in [6.07, 6.45) is 4.81. The van der Waals surface area contributed by atoms with Gasteiger partial charge in [-0.25, -0.2) is 0 Å². The van der Waals surface area contributed by atoms with Crippen molar-refractivity contribution < 1.29 is 4.74 Å². The van der Waals surface area contributed by atoms with Gasteiger partial charge in [0.2, 0.25) is 0 Å². The van der Waals surface area contributed by atoms with Gasteiger partial charge in [-0.2, -0.15) is 0 Å². The van der Waals surface area contributed by atoms with Crippen LogP contribution < -0.4 is 4.74 Å². The monoisotopic (exact) mass is 263 g/mol. The molecule has 100 valence electrons. The summed E-state index contributed by atoms with van der Waals surface area (Å²) in [6.45, 7) is 0.622. The fourth-order valence-corrected chi connectivity index (χ4v) is 2.63. The molecule has 0 atom stereocenters. The molecule has 2 heteroatoms. The van der Waals surface area contributed by atoms with Crippen molar-refractivity contribution in [3.8, 4) is 5.75 Å². The van der Waals surface area contributed by atoms with Crippen LogP contribution in [-0.2, 0) is 6.61 Å². The molecule has 1 fully saturated rings. The van der Waals surface area contributed by atoms with Gasteiger partial charge in [0, 0.05) is 18.3 Å². The van der Waals surface area contributed by atoms with E-state index in [0.717, 1.165) is 5.75 Å². The van der Waals surface area contributed by atoms with Crippen LogP contribution in [0.15, 0.2) is 60.8 Å². The first-order valence-electron chi connectivity index (χ1n) is 7.17. The Balaban J connectivity index is 1.58. The highest BCUT2D eigenvalue weighted by molar-refractivity contribution is 5.81. The molecule has 0 aliphatic heterocycles. The van der Waals surface area contributed by atoms with Crippen molar-refractivity contribution in [2.24, 2.45) is 0 Å². The average molecular weight is 263 g/mol. The largest absolute Gasteiger partial charge is 0.489 e. The summed E-state index contributed by atoms with van der Waals surface area (Å²) >= 11 is 0. The van der Waals surface area contributed by atoms with Gasteiger partial charge in [-0.3, -0.25) is 0 Å². The lowest BCUT2D eigenvalue weighted by Crippen LogP contribution is -1.96. The van der Waals surface area contributed by atoms with Gasteiger partial charge in [0.1, 0.15) is 12.4 Å². The average Bonchev–Trinajstić information content (AvgIpc) is 3.26. The highest BCUT2D eigenvalue weighted by Gasteiger charge is 2.24. The van der Waals surface area contributed by atoms with Crippen molar-refractivity contribution in [3.05, 3.63) is 66.4 Å². The lowest BCUT2D eigenvalue weighted by molar-refractivity contribution is 0.306. The molecule has 0 N–H and O–H groups in total. The normalized spacial score (nSPS) is 14.6. The van der Waals surface area contributed by atoms with Crippen LogP contribution in [0.1, 0.15) is 24.4 Å². The molecule has 20 heavy (non-hydrogen) atoms. The SMILES string of the molecule is c1ccc(COc2ccc3ccn(C4CC4)c3c2)cc1. The van der Waals surface area contributed by atoms with E-state index in [0.29, 0.717) is 12.6 Å². The van der Waals surface area contributed by atoms with Gasteiger partial charge in [0.25, 0.3) is 0 Å². The van der Waals surface area contributed by atoms with Gasteiger partial charge in [0.05, 0.1) is 5.52 Å². The van der Waals surface area contributed by atoms with E-state index in [4.69, 9.17) is 4.74 Å². The van der Waals surface area contributed by atoms with Crippen molar-refractivity contribution >= 4 is 10.9 Å². The third-order valence-electron chi connectivity index (χ3n) is 3.88. The van der Waals surface area contributed by atoms with Crippen LogP contribution in [-0.4, -0.2) is 4.57 Å². The molecule has 0 amide bonds. The van der Waals surface area contributed by atoms with Crippen LogP contribution in [0.25, 0.3) is 10.9 Å². The van der Waals surface area contributed by atoms with Gasteiger partial charge in [-0.05, 0) is 42.0 Å². The second-order valence-corrected chi connectivity index (χ2v) is 5.45. The third kappa shape index (κ3) is 2.18. The quantitative estimate of drug-likeness (QED) is 0.673. The Kier molecular flexibility index (Phi) is 2.73. The topological polar surface area (TPSA) is 14.2 Å². The summed E-state index contributed by atoms with van der Waals surface area (Å²) in [7, 11) is 0. The first kappa shape index (κ1) is 11.6. The Morgan fingerprint density at radius 2 is 1.85 bits per heavy atom. The zero-order chi connectivity index (χ0) is 13.4. The van der Waals surface area contributed by atoms with Crippen molar-refractivity contribution in [2.45, 2.75) is 25.5 Å². The predicted octanol–water partition coefficient (Wildman–Crippen LogP) is 4.56. The van der Waals surface area contributed by atoms with E-state index in [1.807, 2.05) is 18.2 Å². The standard InChI is InChI=1S/C18H17NO/c1-2-4-14(5-3-1)13-20-17-9-6-15-10-11-19(16-7-8-16)18(15)12-17/h1-6,9-12,16H,7-8,13H2. The molecular weight excluding hydrogens is 246 g/mol. The van der Waals surface area contributed by atoms with Gasteiger partial charge in [-0.15, -0.1) is 0 Å². The molecule has 0 unspecified atom stereocenters. The maximum absolute atomic E-state index is 5.91. The minimum absolute atomic E-state index is 0.622. The smallest absolute Gasteiger partial charge is 0.121 e. The summed E-state index contributed by atoms with van der Waals surface area (Å²) in [6, 6.07) is 19.6. The van der Waals surface area contributed by atoms with Crippen LogP contribution >= 0.6 is 0 Å². The van der Waals surface area contributed by atoms with E-state index in [1.165, 1.54) is 29.3 Å². The first-order chi connectivity index (χ1) is 9.90. The maximum atomic E-state index is 5.91. The van der Waals surface area contributed by atoms with Crippen LogP contribution in [0.3, 0.4) is 0 Å². The molecule has 0 bridgehead atoms. The van der Waals surface area contributed by atoms with Gasteiger partial charge in [0.15, 0.2) is 0 Å². The first-order valence-corrected chi connectivity index (χ1v) is 7.17. The molecule has 2 aromatic carbocycles. The molecule has 1 aliphatic carbocycles. The van der Waals surface area contributed by atoms with Crippen LogP contribution in [0.4, 0.5) is 0 Å². The molecule has 1 aromatic heterocycles. The number of rotatable bonds is 4. The molecule has 1 heterocycles. The van der Waals surface area contributed by atoms with Crippen LogP contribution in [0, 0.1) is 0 Å². The van der Waals surface area contributed by atoms with Crippen LogP contribution in [0.2, 0.25) is 0 Å². The summed E-state index contributed by atoms with van der Waals surface area (Å²) in [5, 5.41) is 1.30. The molecule has 0 saturated heterocycles. The summed E-state index contributed by atoms with van der Waals surface area (Å²) < 4.78 is 8.29. The van der Waals surface area contributed by atoms with Gasteiger partial charge in [-0.1, -0.05) is 30.3 Å². The molecule has 1 aliphatic rings. The molecule has 0 radical (unpaired) electrons. The third-order valence-corrected chi connectivity index (χ3v) is 3.88. The summed E-state index contributed by atoms with van der Waals surface area (Å²) in [5.74, 6) is 0.946. The van der Waals surface area contributed by atoms with Gasteiger partial charge >= 0.3 is 0 Å². The van der Waals surface area contributed by atoms with E-state index >= 15 is 0 Å². The summed E-state index contributed by atoms with van der Waals surface area (Å²) in [5.41, 5.74) is 2.49. The molecule has 4 rings (SSSR count). The molecule has 2 nitrogen and oxygen atoms in total. The number of nitrogens with zero attached hydrogens (tertiary/aromatic N) is 1. The molecule has 3 aromatic rings. The number of hydrogen-bond donors (Lipinski definition) is 0. The number of fused-ring (bicyclic) bond motifs is 1. The number of aromatic nitrogens is 1. The zero-order valence-electron chi connectivity index (χ0n) is 11.3. The van der Waals surface area contributed by atoms with Crippen LogP contribution in [0.5, 0.6) is 5.75 Å². The summed E-state index contributed by atoms with van der Waals surface area (Å²) in [4.78, 5) is 0. The van der Waals surface area contributed by atoms with Crippen molar-refractivity contribution in [3.63, 3.8) is 0 Å². The maximum Gasteiger partial charge on any atom is 0.121 e. The van der Waals surface area contributed by atoms with Crippen molar-refractivity contribution in [1.82, 2.24) is 4.57 Å². The molecule has 1 saturated carbocycles. The Morgan fingerprint density at radius 3 is 2.65 bits per heavy atom. The second-order valence-electron chi connectivity index (χ2n) is 5.45. The molecular formula is C18H17NO. The fourth-order valence-electron chi connectivity index (χ4n) is 2.63. The highest BCUT2D eigenvalue weighted by atomic mass is 16.5. The Morgan fingerprint density at radius 1 is 1.00 bits per heavy atom. The zero-order valence-corrected chi connectivity index (χ0v) is 11.3. The second kappa shape index (κ2) is 4.71. The number of benzene rings is 2. The Hall–Kier alpha value is -2.22. The van der Waals surface area contributed by atoms with Crippen molar-refractivity contribution in [1.29, 1.82) is 0 Å². The lowest BCUT2D eigenvalue weighted by atomic mass is 10.2. The number of ether oxygens (including phenoxy) is 1. The van der Waals surface area contributed by atoms with E-state index in [-0.39, 0.29) is 0 Å². The minimum Gasteiger partial charge on any atom is -0.489 e. The molecule has 0 spiro atoms. The van der Waals surface area contributed by atoms with E-state index < -0.39 is 0 Å². The van der Waals surface area contributed by atoms with E-state index in [1.54, 1.807) is 0 Å². The Bertz CT molecular complexity index is 726. The lowest BCUT2D eigenvalue weighted by Gasteiger charge is -2.08. The van der Waals surface area contributed by atoms with E-state index in [2.05, 4.69) is 47.2 Å². The van der Waals surface area contributed by atoms with E-state index in [9.17, 15) is 0 Å². The predicted molar refractivity (Wildman–Crippen MR) is 81.0 cm³/mol. The minimum atomic E-state index is 0.622. The number of hydrogen-bond acceptors (Lipinski definition) is 1.